The summed E-state index contributed by atoms with van der Waals surface area (Å²) in [4.78, 5) is 12.7. The van der Waals surface area contributed by atoms with Crippen molar-refractivity contribution in [3.63, 3.8) is 0 Å². The van der Waals surface area contributed by atoms with Crippen molar-refractivity contribution in [2.45, 2.75) is 19.4 Å². The van der Waals surface area contributed by atoms with E-state index in [4.69, 9.17) is 23.2 Å². The molecule has 0 radical (unpaired) electrons. The number of sulfonamides is 1. The van der Waals surface area contributed by atoms with Gasteiger partial charge >= 0.3 is 0 Å². The summed E-state index contributed by atoms with van der Waals surface area (Å²) in [6, 6.07) is 12.2. The van der Waals surface area contributed by atoms with Crippen molar-refractivity contribution in [3.8, 4) is 0 Å². The summed E-state index contributed by atoms with van der Waals surface area (Å²) >= 11 is 11.9. The van der Waals surface area contributed by atoms with Crippen LogP contribution in [-0.2, 0) is 14.8 Å². The molecule has 25 heavy (non-hydrogen) atoms. The normalized spacial score (nSPS) is 12.5. The maximum Gasteiger partial charge on any atom is 0.248 e. The van der Waals surface area contributed by atoms with Crippen LogP contribution in [0, 0.1) is 0 Å². The average molecular weight is 401 g/mol. The minimum Gasteiger partial charge on any atom is -0.324 e. The van der Waals surface area contributed by atoms with Crippen molar-refractivity contribution in [2.24, 2.45) is 0 Å². The van der Waals surface area contributed by atoms with E-state index in [1.54, 1.807) is 55.5 Å². The molecule has 1 unspecified atom stereocenters. The third kappa shape index (κ3) is 5.11. The molecule has 0 aliphatic heterocycles. The quantitative estimate of drug-likeness (QED) is 0.790. The number of halogens is 2. The fourth-order valence-corrected chi connectivity index (χ4v) is 4.22. The van der Waals surface area contributed by atoms with E-state index in [0.717, 1.165) is 10.6 Å². The first-order valence-electron chi connectivity index (χ1n) is 7.53. The second kappa shape index (κ2) is 8.08. The zero-order valence-electron chi connectivity index (χ0n) is 13.7. The van der Waals surface area contributed by atoms with Gasteiger partial charge in [-0.25, -0.2) is 8.42 Å². The molecular formula is C17H18Cl2N2O3S. The largest absolute Gasteiger partial charge is 0.324 e. The highest BCUT2D eigenvalue weighted by Crippen LogP contribution is 2.25. The van der Waals surface area contributed by atoms with Crippen LogP contribution in [0.25, 0.3) is 0 Å². The number of carbonyl (C=O) groups excluding carboxylic acids is 1. The van der Waals surface area contributed by atoms with Crippen LogP contribution in [0.4, 0.5) is 11.4 Å². The maximum absolute atomic E-state index is 12.7. The van der Waals surface area contributed by atoms with Crippen molar-refractivity contribution < 1.29 is 13.2 Å². The van der Waals surface area contributed by atoms with E-state index < -0.39 is 22.0 Å². The number of para-hydroxylation sites is 1. The smallest absolute Gasteiger partial charge is 0.248 e. The molecule has 0 heterocycles. The predicted octanol–water partition coefficient (Wildman–Crippen LogP) is 4.18. The van der Waals surface area contributed by atoms with E-state index in [1.165, 1.54) is 0 Å². The third-order valence-electron chi connectivity index (χ3n) is 3.47. The van der Waals surface area contributed by atoms with Crippen molar-refractivity contribution in [3.05, 3.63) is 58.6 Å². The van der Waals surface area contributed by atoms with Gasteiger partial charge in [0.1, 0.15) is 6.04 Å². The summed E-state index contributed by atoms with van der Waals surface area (Å²) in [5.74, 6) is -0.463. The Labute approximate surface area is 157 Å². The fourth-order valence-electron chi connectivity index (χ4n) is 2.49. The summed E-state index contributed by atoms with van der Waals surface area (Å²) in [6.07, 6.45) is 1.37. The number of amides is 1. The van der Waals surface area contributed by atoms with Gasteiger partial charge < -0.3 is 5.32 Å². The predicted molar refractivity (Wildman–Crippen MR) is 103 cm³/mol. The lowest BCUT2D eigenvalue weighted by Crippen LogP contribution is -2.46. The molecule has 5 nitrogen and oxygen atoms in total. The van der Waals surface area contributed by atoms with Gasteiger partial charge in [0.15, 0.2) is 0 Å². The number of carbonyl (C=O) groups is 1. The van der Waals surface area contributed by atoms with Crippen LogP contribution in [0.5, 0.6) is 0 Å². The van der Waals surface area contributed by atoms with Crippen molar-refractivity contribution in [1.82, 2.24) is 0 Å². The van der Waals surface area contributed by atoms with Crippen LogP contribution in [0.2, 0.25) is 10.0 Å². The second-order valence-electron chi connectivity index (χ2n) is 5.47. The van der Waals surface area contributed by atoms with E-state index in [9.17, 15) is 13.2 Å². The average Bonchev–Trinajstić information content (AvgIpc) is 2.50. The monoisotopic (exact) mass is 400 g/mol. The van der Waals surface area contributed by atoms with Gasteiger partial charge in [0.25, 0.3) is 0 Å². The Morgan fingerprint density at radius 1 is 1.12 bits per heavy atom. The van der Waals surface area contributed by atoms with Gasteiger partial charge in [0.05, 0.1) is 11.9 Å². The first-order valence-corrected chi connectivity index (χ1v) is 10.1. The molecule has 2 aromatic carbocycles. The molecule has 0 fully saturated rings. The van der Waals surface area contributed by atoms with E-state index in [2.05, 4.69) is 5.32 Å². The zero-order chi connectivity index (χ0) is 18.6. The van der Waals surface area contributed by atoms with Crippen LogP contribution >= 0.6 is 23.2 Å². The summed E-state index contributed by atoms with van der Waals surface area (Å²) in [7, 11) is -3.66. The Morgan fingerprint density at radius 2 is 1.68 bits per heavy atom. The summed E-state index contributed by atoms with van der Waals surface area (Å²) < 4.78 is 25.7. The molecular weight excluding hydrogens is 383 g/mol. The number of rotatable bonds is 6. The molecule has 134 valence electrons. The summed E-state index contributed by atoms with van der Waals surface area (Å²) in [5.41, 5.74) is 0.832. The lowest BCUT2D eigenvalue weighted by Gasteiger charge is -2.30. The molecule has 0 spiro atoms. The number of hydrogen-bond acceptors (Lipinski definition) is 3. The molecule has 0 saturated carbocycles. The molecule has 1 amide bonds. The number of nitrogens with zero attached hydrogens (tertiary/aromatic N) is 1. The maximum atomic E-state index is 12.7. The highest BCUT2D eigenvalue weighted by Gasteiger charge is 2.31. The first kappa shape index (κ1) is 19.6. The molecule has 0 bridgehead atoms. The van der Waals surface area contributed by atoms with Crippen molar-refractivity contribution in [1.29, 1.82) is 0 Å². The zero-order valence-corrected chi connectivity index (χ0v) is 16.1. The van der Waals surface area contributed by atoms with Gasteiger partial charge in [-0.1, -0.05) is 48.3 Å². The molecule has 2 rings (SSSR count). The molecule has 8 heteroatoms. The Kier molecular flexibility index (Phi) is 6.32. The standard InChI is InChI=1S/C17H18Cl2N2O3S/c1-3-16(17(22)20-14-10-12(18)9-13(19)11-14)21(25(2,23)24)15-7-5-4-6-8-15/h4-11,16H,3H2,1-2H3,(H,20,22). The highest BCUT2D eigenvalue weighted by atomic mass is 35.5. The van der Waals surface area contributed by atoms with Crippen LogP contribution in [0.15, 0.2) is 48.5 Å². The van der Waals surface area contributed by atoms with Gasteiger partial charge in [-0.05, 0) is 36.8 Å². The van der Waals surface area contributed by atoms with Crippen LogP contribution in [0.1, 0.15) is 13.3 Å². The molecule has 1 atom stereocenters. The van der Waals surface area contributed by atoms with Gasteiger partial charge in [-0.2, -0.15) is 0 Å². The Morgan fingerprint density at radius 3 is 2.16 bits per heavy atom. The minimum absolute atomic E-state index is 0.294. The number of benzene rings is 2. The van der Waals surface area contributed by atoms with Crippen LogP contribution in [-0.4, -0.2) is 26.6 Å². The van der Waals surface area contributed by atoms with Gasteiger partial charge in [0.2, 0.25) is 15.9 Å². The van der Waals surface area contributed by atoms with Gasteiger partial charge in [0, 0.05) is 15.7 Å². The highest BCUT2D eigenvalue weighted by molar-refractivity contribution is 7.92. The van der Waals surface area contributed by atoms with Crippen LogP contribution < -0.4 is 9.62 Å². The summed E-state index contributed by atoms with van der Waals surface area (Å²) in [6.45, 7) is 1.75. The minimum atomic E-state index is -3.66. The van der Waals surface area contributed by atoms with Crippen LogP contribution in [0.3, 0.4) is 0 Å². The fraction of sp³-hybridized carbons (Fsp3) is 0.235. The molecule has 2 aromatic rings. The molecule has 0 aliphatic rings. The van der Waals surface area contributed by atoms with Crippen molar-refractivity contribution >= 4 is 50.5 Å². The Hall–Kier alpha value is -1.76. The number of anilines is 2. The topological polar surface area (TPSA) is 66.5 Å². The number of hydrogen-bond donors (Lipinski definition) is 1. The van der Waals surface area contributed by atoms with E-state index in [0.29, 0.717) is 27.8 Å². The lowest BCUT2D eigenvalue weighted by atomic mass is 10.2. The van der Waals surface area contributed by atoms with E-state index >= 15 is 0 Å². The SMILES string of the molecule is CCC(C(=O)Nc1cc(Cl)cc(Cl)c1)N(c1ccccc1)S(C)(=O)=O. The molecule has 0 saturated heterocycles. The van der Waals surface area contributed by atoms with Crippen molar-refractivity contribution in [2.75, 3.05) is 15.9 Å². The van der Waals surface area contributed by atoms with Gasteiger partial charge in [-0.3, -0.25) is 9.10 Å². The third-order valence-corrected chi connectivity index (χ3v) is 5.09. The van der Waals surface area contributed by atoms with E-state index in [1.807, 2.05) is 0 Å². The Bertz CT molecular complexity index is 837. The van der Waals surface area contributed by atoms with E-state index in [-0.39, 0.29) is 0 Å². The molecule has 0 aromatic heterocycles. The number of nitrogens with one attached hydrogen (secondary N) is 1. The molecule has 0 aliphatic carbocycles. The lowest BCUT2D eigenvalue weighted by molar-refractivity contribution is -0.117. The van der Waals surface area contributed by atoms with Gasteiger partial charge in [-0.15, -0.1) is 0 Å². The second-order valence-corrected chi connectivity index (χ2v) is 8.20. The summed E-state index contributed by atoms with van der Waals surface area (Å²) in [5, 5.41) is 3.43. The molecule has 1 N–H and O–H groups in total. The first-order chi connectivity index (χ1) is 11.7. The Balaban J connectivity index is 2.36.